The van der Waals surface area contributed by atoms with Crippen LogP contribution in [0, 0.1) is 0 Å². The third-order valence-electron chi connectivity index (χ3n) is 1.96. The molecule has 0 unspecified atom stereocenters. The molecule has 0 aliphatic rings. The minimum atomic E-state index is 0.296. The third-order valence-corrected chi connectivity index (χ3v) is 2.72. The predicted octanol–water partition coefficient (Wildman–Crippen LogP) is 5.74. The Morgan fingerprint density at radius 1 is 0.941 bits per heavy atom. The van der Waals surface area contributed by atoms with Crippen molar-refractivity contribution in [2.75, 3.05) is 0 Å². The molecule has 0 fully saturated rings. The summed E-state index contributed by atoms with van der Waals surface area (Å²) in [6.45, 7) is 4.00. The lowest BCUT2D eigenvalue weighted by molar-refractivity contribution is 1.33. The summed E-state index contributed by atoms with van der Waals surface area (Å²) < 4.78 is 0. The zero-order valence-corrected chi connectivity index (χ0v) is 11.8. The van der Waals surface area contributed by atoms with E-state index in [0.717, 1.165) is 5.56 Å². The van der Waals surface area contributed by atoms with Gasteiger partial charge in [0.1, 0.15) is 10.3 Å². The highest BCUT2D eigenvalue weighted by molar-refractivity contribution is 6.40. The van der Waals surface area contributed by atoms with E-state index in [-0.39, 0.29) is 0 Å². The molecule has 1 nitrogen and oxygen atoms in total. The standard InChI is InChI=1S/C11H6Cl3N.C2H6/c12-8-6-9(13)15-11(14)10(8)7-4-2-1-3-5-7;1-2/h1-6H;1-2H3. The maximum atomic E-state index is 6.06. The van der Waals surface area contributed by atoms with Crippen LogP contribution in [0.4, 0.5) is 0 Å². The summed E-state index contributed by atoms with van der Waals surface area (Å²) in [7, 11) is 0. The monoisotopic (exact) mass is 287 g/mol. The first-order valence-electron chi connectivity index (χ1n) is 5.25. The van der Waals surface area contributed by atoms with Gasteiger partial charge >= 0.3 is 0 Å². The molecule has 17 heavy (non-hydrogen) atoms. The van der Waals surface area contributed by atoms with E-state index in [0.29, 0.717) is 20.9 Å². The Balaban J connectivity index is 0.000000686. The fourth-order valence-corrected chi connectivity index (χ4v) is 2.26. The molecule has 0 spiro atoms. The van der Waals surface area contributed by atoms with Gasteiger partial charge in [-0.25, -0.2) is 4.98 Å². The van der Waals surface area contributed by atoms with E-state index in [4.69, 9.17) is 34.8 Å². The average molecular weight is 289 g/mol. The van der Waals surface area contributed by atoms with Gasteiger partial charge in [-0.05, 0) is 11.6 Å². The molecule has 0 aliphatic heterocycles. The first-order chi connectivity index (χ1) is 8.18. The molecule has 0 atom stereocenters. The number of aromatic nitrogens is 1. The van der Waals surface area contributed by atoms with E-state index in [9.17, 15) is 0 Å². The molecule has 0 saturated heterocycles. The average Bonchev–Trinajstić information content (AvgIpc) is 2.31. The van der Waals surface area contributed by atoms with Crippen molar-refractivity contribution in [1.29, 1.82) is 0 Å². The summed E-state index contributed by atoms with van der Waals surface area (Å²) in [6.07, 6.45) is 0. The molecule has 1 heterocycles. The van der Waals surface area contributed by atoms with Gasteiger partial charge < -0.3 is 0 Å². The Morgan fingerprint density at radius 2 is 1.53 bits per heavy atom. The van der Waals surface area contributed by atoms with Crippen LogP contribution in [0.2, 0.25) is 15.3 Å². The van der Waals surface area contributed by atoms with Crippen molar-refractivity contribution in [1.82, 2.24) is 4.98 Å². The van der Waals surface area contributed by atoms with Crippen molar-refractivity contribution in [3.63, 3.8) is 0 Å². The van der Waals surface area contributed by atoms with Crippen LogP contribution >= 0.6 is 34.8 Å². The lowest BCUT2D eigenvalue weighted by atomic mass is 10.1. The normalized spacial score (nSPS) is 9.47. The minimum Gasteiger partial charge on any atom is -0.224 e. The van der Waals surface area contributed by atoms with Gasteiger partial charge in [-0.1, -0.05) is 79.0 Å². The molecule has 1 aromatic carbocycles. The molecule has 90 valence electrons. The third kappa shape index (κ3) is 3.60. The lowest BCUT2D eigenvalue weighted by Gasteiger charge is -2.06. The number of pyridine rings is 1. The van der Waals surface area contributed by atoms with Crippen LogP contribution in [0.1, 0.15) is 13.8 Å². The fourth-order valence-electron chi connectivity index (χ4n) is 1.32. The van der Waals surface area contributed by atoms with Gasteiger partial charge in [-0.2, -0.15) is 0 Å². The number of nitrogens with zero attached hydrogens (tertiary/aromatic N) is 1. The molecule has 0 radical (unpaired) electrons. The Bertz CT molecular complexity index is 460. The highest BCUT2D eigenvalue weighted by atomic mass is 35.5. The van der Waals surface area contributed by atoms with Gasteiger partial charge in [0.05, 0.1) is 5.02 Å². The van der Waals surface area contributed by atoms with Gasteiger partial charge in [0.25, 0.3) is 0 Å². The fraction of sp³-hybridized carbons (Fsp3) is 0.154. The molecule has 4 heteroatoms. The summed E-state index contributed by atoms with van der Waals surface area (Å²) in [5.74, 6) is 0. The Kier molecular flexibility index (Phi) is 5.76. The first-order valence-corrected chi connectivity index (χ1v) is 6.39. The van der Waals surface area contributed by atoms with Gasteiger partial charge in [0.2, 0.25) is 0 Å². The van der Waals surface area contributed by atoms with Crippen molar-refractivity contribution < 1.29 is 0 Å². The highest BCUT2D eigenvalue weighted by Crippen LogP contribution is 2.34. The van der Waals surface area contributed by atoms with Crippen LogP contribution in [0.3, 0.4) is 0 Å². The van der Waals surface area contributed by atoms with E-state index in [1.165, 1.54) is 0 Å². The Morgan fingerprint density at radius 3 is 2.06 bits per heavy atom. The van der Waals surface area contributed by atoms with E-state index < -0.39 is 0 Å². The molecule has 1 aromatic heterocycles. The first kappa shape index (κ1) is 14.3. The van der Waals surface area contributed by atoms with Gasteiger partial charge in [0.15, 0.2) is 0 Å². The second kappa shape index (κ2) is 6.85. The van der Waals surface area contributed by atoms with Crippen molar-refractivity contribution in [3.8, 4) is 11.1 Å². The van der Waals surface area contributed by atoms with Crippen LogP contribution in [0.15, 0.2) is 36.4 Å². The highest BCUT2D eigenvalue weighted by Gasteiger charge is 2.10. The summed E-state index contributed by atoms with van der Waals surface area (Å²) >= 11 is 17.8. The zero-order chi connectivity index (χ0) is 12.8. The maximum absolute atomic E-state index is 6.06. The molecule has 0 aliphatic carbocycles. The van der Waals surface area contributed by atoms with E-state index in [1.807, 2.05) is 44.2 Å². The summed E-state index contributed by atoms with van der Waals surface area (Å²) in [6, 6.07) is 11.2. The molecule has 0 amide bonds. The zero-order valence-electron chi connectivity index (χ0n) is 9.55. The molecule has 0 bridgehead atoms. The number of benzene rings is 1. The van der Waals surface area contributed by atoms with Crippen LogP contribution in [-0.4, -0.2) is 4.98 Å². The van der Waals surface area contributed by atoms with Crippen molar-refractivity contribution >= 4 is 34.8 Å². The van der Waals surface area contributed by atoms with Gasteiger partial charge in [-0.15, -0.1) is 0 Å². The second-order valence-corrected chi connectivity index (χ2v) is 4.11. The van der Waals surface area contributed by atoms with Crippen molar-refractivity contribution in [2.24, 2.45) is 0 Å². The van der Waals surface area contributed by atoms with E-state index >= 15 is 0 Å². The van der Waals surface area contributed by atoms with Crippen LogP contribution < -0.4 is 0 Å². The molecule has 2 aromatic rings. The summed E-state index contributed by atoms with van der Waals surface area (Å²) in [5.41, 5.74) is 1.64. The van der Waals surface area contributed by atoms with Crippen molar-refractivity contribution in [2.45, 2.75) is 13.8 Å². The van der Waals surface area contributed by atoms with Crippen LogP contribution in [-0.2, 0) is 0 Å². The SMILES string of the molecule is CC.Clc1cc(Cl)c(-c2ccccc2)c(Cl)n1. The maximum Gasteiger partial charge on any atom is 0.140 e. The van der Waals surface area contributed by atoms with Gasteiger partial charge in [-0.3, -0.25) is 0 Å². The number of rotatable bonds is 1. The van der Waals surface area contributed by atoms with Gasteiger partial charge in [0, 0.05) is 5.56 Å². The number of hydrogen-bond acceptors (Lipinski definition) is 1. The second-order valence-electron chi connectivity index (χ2n) is 2.96. The van der Waals surface area contributed by atoms with Crippen molar-refractivity contribution in [3.05, 3.63) is 51.7 Å². The largest absolute Gasteiger partial charge is 0.224 e. The van der Waals surface area contributed by atoms with E-state index in [1.54, 1.807) is 6.07 Å². The smallest absolute Gasteiger partial charge is 0.140 e. The topological polar surface area (TPSA) is 12.9 Å². The molecular formula is C13H12Cl3N. The molecule has 0 saturated carbocycles. The van der Waals surface area contributed by atoms with E-state index in [2.05, 4.69) is 4.98 Å². The quantitative estimate of drug-likeness (QED) is 0.610. The Labute approximate surface area is 116 Å². The molecular weight excluding hydrogens is 277 g/mol. The molecule has 2 rings (SSSR count). The Hall–Kier alpha value is -0.760. The predicted molar refractivity (Wildman–Crippen MR) is 76.1 cm³/mol. The lowest BCUT2D eigenvalue weighted by Crippen LogP contribution is -1.85. The summed E-state index contributed by atoms with van der Waals surface area (Å²) in [4.78, 5) is 3.96. The molecule has 0 N–H and O–H groups in total. The van der Waals surface area contributed by atoms with Crippen LogP contribution in [0.25, 0.3) is 11.1 Å². The van der Waals surface area contributed by atoms with Crippen LogP contribution in [0.5, 0.6) is 0 Å². The minimum absolute atomic E-state index is 0.296. The summed E-state index contributed by atoms with van der Waals surface area (Å²) in [5, 5.41) is 1.12. The number of halogens is 3. The number of hydrogen-bond donors (Lipinski definition) is 0.